The van der Waals surface area contributed by atoms with Gasteiger partial charge in [-0.15, -0.1) is 0 Å². The maximum atomic E-state index is 5.44. The third-order valence-corrected chi connectivity index (χ3v) is 4.03. The van der Waals surface area contributed by atoms with Crippen molar-refractivity contribution in [3.8, 4) is 5.75 Å². The lowest BCUT2D eigenvalue weighted by Gasteiger charge is -2.32. The highest BCUT2D eigenvalue weighted by molar-refractivity contribution is 5.97. The smallest absolute Gasteiger partial charge is 0.170 e. The number of fused-ring (bicyclic) bond motifs is 1. The summed E-state index contributed by atoms with van der Waals surface area (Å²) in [4.78, 5) is 5.06. The van der Waals surface area contributed by atoms with Crippen LogP contribution in [-0.4, -0.2) is 5.54 Å². The molecule has 0 fully saturated rings. The summed E-state index contributed by atoms with van der Waals surface area (Å²) in [5.74, 6) is 6.13. The first-order valence-electron chi connectivity index (χ1n) is 7.30. The summed E-state index contributed by atoms with van der Waals surface area (Å²) in [7, 11) is 0. The number of anilines is 1. The molecule has 0 amide bonds. The van der Waals surface area contributed by atoms with Crippen molar-refractivity contribution < 1.29 is 4.84 Å². The van der Waals surface area contributed by atoms with Gasteiger partial charge in [-0.1, -0.05) is 50.6 Å². The van der Waals surface area contributed by atoms with E-state index in [-0.39, 0.29) is 5.54 Å². The minimum atomic E-state index is 0.0478. The second-order valence-corrected chi connectivity index (χ2v) is 5.57. The van der Waals surface area contributed by atoms with Gasteiger partial charge in [0.05, 0.1) is 5.69 Å². The van der Waals surface area contributed by atoms with Crippen LogP contribution in [0.2, 0.25) is 0 Å². The zero-order valence-corrected chi connectivity index (χ0v) is 12.6. The highest BCUT2D eigenvalue weighted by Gasteiger charge is 2.23. The first-order valence-corrected chi connectivity index (χ1v) is 7.30. The Kier molecular flexibility index (Phi) is 4.50. The Hall–Kier alpha value is -1.74. The standard InChI is InChI=1S/C17H24N2O/c1-4-12-17(3,5-2)19-16-14-9-7-6-8-13(14)10-11-15(16)20-18/h6-11,19H,4-5,12,18H2,1-3H3. The minimum Gasteiger partial charge on any atom is -0.409 e. The molecule has 2 aromatic rings. The van der Waals surface area contributed by atoms with E-state index in [2.05, 4.69) is 38.2 Å². The van der Waals surface area contributed by atoms with Gasteiger partial charge in [0.2, 0.25) is 0 Å². The summed E-state index contributed by atoms with van der Waals surface area (Å²) in [6, 6.07) is 12.2. The highest BCUT2D eigenvalue weighted by Crippen LogP contribution is 2.36. The molecule has 2 aromatic carbocycles. The molecule has 1 unspecified atom stereocenters. The van der Waals surface area contributed by atoms with Crippen molar-refractivity contribution in [3.63, 3.8) is 0 Å². The molecule has 0 aliphatic heterocycles. The summed E-state index contributed by atoms with van der Waals surface area (Å²) in [6.45, 7) is 6.66. The van der Waals surface area contributed by atoms with Gasteiger partial charge < -0.3 is 10.2 Å². The summed E-state index contributed by atoms with van der Waals surface area (Å²) in [5.41, 5.74) is 1.04. The van der Waals surface area contributed by atoms with Crippen molar-refractivity contribution in [2.24, 2.45) is 5.90 Å². The lowest BCUT2D eigenvalue weighted by atomic mass is 9.92. The molecule has 0 spiro atoms. The van der Waals surface area contributed by atoms with Crippen LogP contribution in [0.3, 0.4) is 0 Å². The van der Waals surface area contributed by atoms with Crippen LogP contribution in [0, 0.1) is 0 Å². The molecule has 108 valence electrons. The Morgan fingerprint density at radius 3 is 2.55 bits per heavy atom. The van der Waals surface area contributed by atoms with Gasteiger partial charge in [0.25, 0.3) is 0 Å². The van der Waals surface area contributed by atoms with Crippen molar-refractivity contribution in [2.75, 3.05) is 5.32 Å². The molecule has 1 atom stereocenters. The Morgan fingerprint density at radius 2 is 1.90 bits per heavy atom. The maximum absolute atomic E-state index is 5.44. The van der Waals surface area contributed by atoms with E-state index in [4.69, 9.17) is 10.7 Å². The van der Waals surface area contributed by atoms with Crippen molar-refractivity contribution in [1.29, 1.82) is 0 Å². The van der Waals surface area contributed by atoms with E-state index < -0.39 is 0 Å². The molecule has 0 radical (unpaired) electrons. The molecular weight excluding hydrogens is 248 g/mol. The van der Waals surface area contributed by atoms with E-state index in [1.807, 2.05) is 24.3 Å². The summed E-state index contributed by atoms with van der Waals surface area (Å²) >= 11 is 0. The average molecular weight is 272 g/mol. The number of nitrogens with two attached hydrogens (primary N) is 1. The fourth-order valence-corrected chi connectivity index (χ4v) is 2.66. The first-order chi connectivity index (χ1) is 9.63. The largest absolute Gasteiger partial charge is 0.409 e. The van der Waals surface area contributed by atoms with Crippen molar-refractivity contribution in [3.05, 3.63) is 36.4 Å². The van der Waals surface area contributed by atoms with Gasteiger partial charge in [0, 0.05) is 10.9 Å². The minimum absolute atomic E-state index is 0.0478. The Balaban J connectivity index is 2.50. The van der Waals surface area contributed by atoms with Gasteiger partial charge in [-0.05, 0) is 31.2 Å². The molecule has 2 rings (SSSR count). The first kappa shape index (κ1) is 14.7. The predicted molar refractivity (Wildman–Crippen MR) is 86.0 cm³/mol. The average Bonchev–Trinajstić information content (AvgIpc) is 2.48. The molecule has 20 heavy (non-hydrogen) atoms. The monoisotopic (exact) mass is 272 g/mol. The van der Waals surface area contributed by atoms with Crippen LogP contribution in [0.15, 0.2) is 36.4 Å². The van der Waals surface area contributed by atoms with E-state index in [1.54, 1.807) is 0 Å². The highest BCUT2D eigenvalue weighted by atomic mass is 16.6. The van der Waals surface area contributed by atoms with Crippen LogP contribution in [0.4, 0.5) is 5.69 Å². The van der Waals surface area contributed by atoms with Crippen molar-refractivity contribution >= 4 is 16.5 Å². The second kappa shape index (κ2) is 6.14. The van der Waals surface area contributed by atoms with Gasteiger partial charge in [0.15, 0.2) is 5.75 Å². The number of rotatable bonds is 6. The molecule has 0 aliphatic rings. The summed E-state index contributed by atoms with van der Waals surface area (Å²) in [6.07, 6.45) is 3.30. The van der Waals surface area contributed by atoms with Crippen molar-refractivity contribution in [1.82, 2.24) is 0 Å². The number of nitrogens with one attached hydrogen (secondary N) is 1. The summed E-state index contributed by atoms with van der Waals surface area (Å²) in [5, 5.41) is 5.99. The number of hydrogen-bond donors (Lipinski definition) is 2. The Labute approximate surface area is 121 Å². The van der Waals surface area contributed by atoms with Gasteiger partial charge >= 0.3 is 0 Å². The lowest BCUT2D eigenvalue weighted by Crippen LogP contribution is -2.34. The molecule has 0 aromatic heterocycles. The van der Waals surface area contributed by atoms with Crippen LogP contribution >= 0.6 is 0 Å². The van der Waals surface area contributed by atoms with Crippen LogP contribution in [0.5, 0.6) is 5.75 Å². The van der Waals surface area contributed by atoms with Gasteiger partial charge in [-0.3, -0.25) is 0 Å². The van der Waals surface area contributed by atoms with E-state index in [9.17, 15) is 0 Å². The predicted octanol–water partition coefficient (Wildman–Crippen LogP) is 4.47. The summed E-state index contributed by atoms with van der Waals surface area (Å²) < 4.78 is 0. The zero-order chi connectivity index (χ0) is 14.6. The van der Waals surface area contributed by atoms with Crippen LogP contribution < -0.4 is 16.1 Å². The van der Waals surface area contributed by atoms with Gasteiger partial charge in [-0.25, -0.2) is 0 Å². The Morgan fingerprint density at radius 1 is 1.15 bits per heavy atom. The van der Waals surface area contributed by atoms with E-state index in [0.717, 1.165) is 30.3 Å². The van der Waals surface area contributed by atoms with Gasteiger partial charge in [-0.2, -0.15) is 5.90 Å². The molecule has 3 heteroatoms. The molecule has 0 saturated heterocycles. The molecular formula is C17H24N2O. The lowest BCUT2D eigenvalue weighted by molar-refractivity contribution is 0.334. The normalized spacial score (nSPS) is 14.0. The van der Waals surface area contributed by atoms with Crippen LogP contribution in [-0.2, 0) is 0 Å². The number of benzene rings is 2. The SMILES string of the molecule is CCCC(C)(CC)Nc1c(ON)ccc2ccccc12. The van der Waals surface area contributed by atoms with E-state index in [0.29, 0.717) is 5.75 Å². The second-order valence-electron chi connectivity index (χ2n) is 5.57. The van der Waals surface area contributed by atoms with E-state index in [1.165, 1.54) is 5.39 Å². The van der Waals surface area contributed by atoms with Crippen LogP contribution in [0.1, 0.15) is 40.0 Å². The van der Waals surface area contributed by atoms with Crippen molar-refractivity contribution in [2.45, 2.75) is 45.6 Å². The molecule has 0 bridgehead atoms. The maximum Gasteiger partial charge on any atom is 0.170 e. The van der Waals surface area contributed by atoms with E-state index >= 15 is 0 Å². The molecule has 3 nitrogen and oxygen atoms in total. The molecule has 0 aliphatic carbocycles. The fourth-order valence-electron chi connectivity index (χ4n) is 2.66. The van der Waals surface area contributed by atoms with Crippen LogP contribution in [0.25, 0.3) is 10.8 Å². The quantitative estimate of drug-likeness (QED) is 0.762. The molecule has 3 N–H and O–H groups in total. The molecule has 0 heterocycles. The third kappa shape index (κ3) is 2.88. The number of hydrogen-bond acceptors (Lipinski definition) is 3. The topological polar surface area (TPSA) is 47.3 Å². The third-order valence-electron chi connectivity index (χ3n) is 4.03. The fraction of sp³-hybridized carbons (Fsp3) is 0.412. The van der Waals surface area contributed by atoms with Gasteiger partial charge in [0.1, 0.15) is 0 Å². The molecule has 0 saturated carbocycles. The Bertz CT molecular complexity index is 582. The zero-order valence-electron chi connectivity index (χ0n) is 12.6.